The van der Waals surface area contributed by atoms with Crippen LogP contribution in [0, 0.1) is 0 Å². The number of hydrogen-bond donors (Lipinski definition) is 1. The van der Waals surface area contributed by atoms with Gasteiger partial charge >= 0.3 is 0 Å². The van der Waals surface area contributed by atoms with Gasteiger partial charge in [-0.25, -0.2) is 4.99 Å². The normalized spacial score (nSPS) is 32.9. The topological polar surface area (TPSA) is 32.6 Å². The highest BCUT2D eigenvalue weighted by molar-refractivity contribution is 8.14. The van der Waals surface area contributed by atoms with E-state index in [1.165, 1.54) is 25.7 Å². The molecular weight excluding hydrogens is 194 g/mol. The van der Waals surface area contributed by atoms with Crippen molar-refractivity contribution in [1.29, 1.82) is 0 Å². The lowest BCUT2D eigenvalue weighted by molar-refractivity contribution is 0.0585. The summed E-state index contributed by atoms with van der Waals surface area (Å²) in [5, 5.41) is 11.5. The van der Waals surface area contributed by atoms with Gasteiger partial charge in [-0.05, 0) is 20.3 Å². The average molecular weight is 215 g/mol. The van der Waals surface area contributed by atoms with Crippen LogP contribution < -0.4 is 0 Å². The van der Waals surface area contributed by atoms with Crippen LogP contribution in [0.15, 0.2) is 4.99 Å². The molecule has 14 heavy (non-hydrogen) atoms. The molecule has 0 bridgehead atoms. The first-order chi connectivity index (χ1) is 6.53. The van der Waals surface area contributed by atoms with Crippen molar-refractivity contribution in [3.8, 4) is 0 Å². The summed E-state index contributed by atoms with van der Waals surface area (Å²) in [7, 11) is 0. The van der Waals surface area contributed by atoms with Gasteiger partial charge in [0.2, 0.25) is 0 Å². The Kier molecular flexibility index (Phi) is 4.45. The van der Waals surface area contributed by atoms with Gasteiger partial charge in [-0.3, -0.25) is 0 Å². The molecule has 82 valence electrons. The van der Waals surface area contributed by atoms with E-state index in [1.807, 2.05) is 25.6 Å². The number of unbranched alkanes of at least 4 members (excludes halogenated alkanes) is 2. The number of aliphatic imine (C=N–C) groups is 1. The van der Waals surface area contributed by atoms with Crippen LogP contribution in [0.2, 0.25) is 0 Å². The number of rotatable bonds is 4. The maximum atomic E-state index is 9.87. The second-order valence-corrected chi connectivity index (χ2v) is 5.78. The van der Waals surface area contributed by atoms with Crippen molar-refractivity contribution in [1.82, 2.24) is 0 Å². The Hall–Kier alpha value is -0.0200. The maximum absolute atomic E-state index is 9.87. The first kappa shape index (κ1) is 12.1. The number of nitrogens with zero attached hydrogens (tertiary/aromatic N) is 1. The van der Waals surface area contributed by atoms with Gasteiger partial charge < -0.3 is 5.11 Å². The maximum Gasteiger partial charge on any atom is 0.155 e. The highest BCUT2D eigenvalue weighted by atomic mass is 32.2. The Balaban J connectivity index is 2.39. The van der Waals surface area contributed by atoms with Gasteiger partial charge in [-0.2, -0.15) is 0 Å². The summed E-state index contributed by atoms with van der Waals surface area (Å²) < 4.78 is 0. The minimum Gasteiger partial charge on any atom is -0.369 e. The van der Waals surface area contributed by atoms with Gasteiger partial charge in [0.1, 0.15) is 0 Å². The highest BCUT2D eigenvalue weighted by Crippen LogP contribution is 2.33. The van der Waals surface area contributed by atoms with E-state index >= 15 is 0 Å². The van der Waals surface area contributed by atoms with Gasteiger partial charge in [-0.15, -0.1) is 11.8 Å². The summed E-state index contributed by atoms with van der Waals surface area (Å²) in [6, 6.07) is 0. The third-order valence-corrected chi connectivity index (χ3v) is 3.65. The molecule has 0 amide bonds. The third kappa shape index (κ3) is 4.01. The van der Waals surface area contributed by atoms with Crippen LogP contribution in [0.1, 0.15) is 52.9 Å². The molecule has 0 radical (unpaired) electrons. The van der Waals surface area contributed by atoms with Crippen LogP contribution in [0.3, 0.4) is 0 Å². The van der Waals surface area contributed by atoms with Crippen molar-refractivity contribution in [2.45, 2.75) is 63.9 Å². The van der Waals surface area contributed by atoms with Crippen LogP contribution >= 0.6 is 11.8 Å². The quantitative estimate of drug-likeness (QED) is 0.730. The molecule has 3 heteroatoms. The van der Waals surface area contributed by atoms with E-state index in [9.17, 15) is 5.11 Å². The monoisotopic (exact) mass is 215 g/mol. The van der Waals surface area contributed by atoms with Crippen LogP contribution in [0.5, 0.6) is 0 Å². The van der Waals surface area contributed by atoms with Crippen molar-refractivity contribution in [3.05, 3.63) is 0 Å². The minimum atomic E-state index is -0.813. The van der Waals surface area contributed by atoms with E-state index in [0.717, 1.165) is 11.5 Å². The van der Waals surface area contributed by atoms with Gasteiger partial charge in [0.05, 0.1) is 5.04 Å². The lowest BCUT2D eigenvalue weighted by Crippen LogP contribution is -2.31. The molecule has 0 saturated heterocycles. The Bertz CT molecular complexity index is 213. The van der Waals surface area contributed by atoms with Crippen LogP contribution in [-0.2, 0) is 0 Å². The molecular formula is C11H21NOS. The SMILES string of the molecule is CCCCC[C@H]1C[C@@](C)(O)N=C(C)S1. The zero-order valence-corrected chi connectivity index (χ0v) is 10.2. The second kappa shape index (κ2) is 5.17. The molecule has 2 nitrogen and oxygen atoms in total. The highest BCUT2D eigenvalue weighted by Gasteiger charge is 2.29. The molecule has 0 aromatic carbocycles. The summed E-state index contributed by atoms with van der Waals surface area (Å²) in [6.07, 6.45) is 5.86. The summed E-state index contributed by atoms with van der Waals surface area (Å²) >= 11 is 1.83. The first-order valence-electron chi connectivity index (χ1n) is 5.49. The zero-order valence-electron chi connectivity index (χ0n) is 9.42. The number of aliphatic hydroxyl groups is 1. The molecule has 0 fully saturated rings. The molecule has 0 aromatic rings. The molecule has 1 heterocycles. The summed E-state index contributed by atoms with van der Waals surface area (Å²) in [5.74, 6) is 0. The molecule has 1 N–H and O–H groups in total. The van der Waals surface area contributed by atoms with Gasteiger partial charge in [0.15, 0.2) is 5.72 Å². The average Bonchev–Trinajstić information content (AvgIpc) is 2.00. The van der Waals surface area contributed by atoms with E-state index in [4.69, 9.17) is 0 Å². The van der Waals surface area contributed by atoms with Gasteiger partial charge in [-0.1, -0.05) is 26.2 Å². The molecule has 1 rings (SSSR count). The minimum absolute atomic E-state index is 0.564. The Morgan fingerprint density at radius 3 is 2.86 bits per heavy atom. The van der Waals surface area contributed by atoms with Crippen molar-refractivity contribution in [2.75, 3.05) is 0 Å². The fourth-order valence-corrected chi connectivity index (χ4v) is 3.32. The zero-order chi connectivity index (χ0) is 10.6. The fraction of sp³-hybridized carbons (Fsp3) is 0.909. The molecule has 2 atom stereocenters. The largest absolute Gasteiger partial charge is 0.369 e. The predicted octanol–water partition coefficient (Wildman–Crippen LogP) is 3.20. The van der Waals surface area contributed by atoms with E-state index < -0.39 is 5.72 Å². The van der Waals surface area contributed by atoms with E-state index in [-0.39, 0.29) is 0 Å². The molecule has 1 aliphatic rings. The number of hydrogen-bond acceptors (Lipinski definition) is 3. The molecule has 0 aromatic heterocycles. The predicted molar refractivity (Wildman–Crippen MR) is 63.9 cm³/mol. The smallest absolute Gasteiger partial charge is 0.155 e. The lowest BCUT2D eigenvalue weighted by atomic mass is 10.0. The Labute approximate surface area is 91.2 Å². The lowest BCUT2D eigenvalue weighted by Gasteiger charge is -2.30. The van der Waals surface area contributed by atoms with Crippen molar-refractivity contribution in [3.63, 3.8) is 0 Å². The van der Waals surface area contributed by atoms with Crippen molar-refractivity contribution >= 4 is 16.8 Å². The van der Waals surface area contributed by atoms with Crippen molar-refractivity contribution in [2.24, 2.45) is 4.99 Å². The summed E-state index contributed by atoms with van der Waals surface area (Å²) in [4.78, 5) is 4.23. The fourth-order valence-electron chi connectivity index (χ4n) is 1.91. The molecule has 1 aliphatic heterocycles. The second-order valence-electron chi connectivity index (χ2n) is 4.29. The van der Waals surface area contributed by atoms with Gasteiger partial charge in [0, 0.05) is 11.7 Å². The van der Waals surface area contributed by atoms with Crippen LogP contribution in [-0.4, -0.2) is 21.1 Å². The molecule has 0 unspecified atom stereocenters. The van der Waals surface area contributed by atoms with Gasteiger partial charge in [0.25, 0.3) is 0 Å². The Morgan fingerprint density at radius 1 is 1.57 bits per heavy atom. The third-order valence-electron chi connectivity index (χ3n) is 2.48. The number of thioether (sulfide) groups is 1. The summed E-state index contributed by atoms with van der Waals surface area (Å²) in [6.45, 7) is 6.02. The van der Waals surface area contributed by atoms with E-state index in [1.54, 1.807) is 0 Å². The van der Waals surface area contributed by atoms with Crippen molar-refractivity contribution < 1.29 is 5.11 Å². The van der Waals surface area contributed by atoms with Crippen LogP contribution in [0.25, 0.3) is 0 Å². The summed E-state index contributed by atoms with van der Waals surface area (Å²) in [5.41, 5.74) is -0.813. The standard InChI is InChI=1S/C11H21NOS/c1-4-5-6-7-10-8-11(3,13)12-9(2)14-10/h10,13H,4-8H2,1-3H3/t10-,11+/m0/s1. The first-order valence-corrected chi connectivity index (χ1v) is 6.37. The van der Waals surface area contributed by atoms with E-state index in [0.29, 0.717) is 5.25 Å². The molecule has 0 spiro atoms. The van der Waals surface area contributed by atoms with E-state index in [2.05, 4.69) is 11.9 Å². The molecule has 0 aliphatic carbocycles. The Morgan fingerprint density at radius 2 is 2.29 bits per heavy atom. The molecule has 0 saturated carbocycles. The van der Waals surface area contributed by atoms with Crippen LogP contribution in [0.4, 0.5) is 0 Å².